The first kappa shape index (κ1) is 20.9. The third kappa shape index (κ3) is 2.46. The fraction of sp³-hybridized carbons (Fsp3) is 0.462. The molecule has 0 aromatic heterocycles. The summed E-state index contributed by atoms with van der Waals surface area (Å²) in [6.07, 6.45) is 2.88. The van der Waals surface area contributed by atoms with E-state index in [0.29, 0.717) is 24.0 Å². The molecule has 6 nitrogen and oxygen atoms in total. The number of hydrogen-bond acceptors (Lipinski definition) is 5. The standard InChI is InChI=1S/C26H27NO5/c1-12-13(2)23(30)26(3)19(22(12)29)11-18-16(21(26)14-5-7-15(28)8-6-14)9-10-17-20(18)25(32)27(4)24(17)31/h5-9,17-21,28H,10-11H2,1-4H3/t17-,18+,19-,20-,21-,26+/m0/s1. The van der Waals surface area contributed by atoms with Crippen molar-refractivity contribution in [2.45, 2.75) is 39.5 Å². The molecule has 0 bridgehead atoms. The van der Waals surface area contributed by atoms with Crippen molar-refractivity contribution in [2.24, 2.45) is 29.1 Å². The Balaban J connectivity index is 1.73. The molecule has 1 saturated heterocycles. The maximum absolute atomic E-state index is 13.7. The fourth-order valence-corrected chi connectivity index (χ4v) is 6.78. The van der Waals surface area contributed by atoms with Gasteiger partial charge < -0.3 is 5.11 Å². The van der Waals surface area contributed by atoms with E-state index in [2.05, 4.69) is 0 Å². The van der Waals surface area contributed by atoms with Crippen molar-refractivity contribution < 1.29 is 24.3 Å². The van der Waals surface area contributed by atoms with E-state index >= 15 is 0 Å². The van der Waals surface area contributed by atoms with E-state index in [-0.39, 0.29) is 35.0 Å². The minimum Gasteiger partial charge on any atom is -0.508 e. The number of hydrogen-bond donors (Lipinski definition) is 1. The predicted molar refractivity (Wildman–Crippen MR) is 116 cm³/mol. The lowest BCUT2D eigenvalue weighted by atomic mass is 9.46. The van der Waals surface area contributed by atoms with E-state index in [1.807, 2.05) is 13.0 Å². The lowest BCUT2D eigenvalue weighted by Gasteiger charge is -2.54. The average molecular weight is 434 g/mol. The monoisotopic (exact) mass is 433 g/mol. The quantitative estimate of drug-likeness (QED) is 0.543. The van der Waals surface area contributed by atoms with E-state index in [4.69, 9.17) is 0 Å². The summed E-state index contributed by atoms with van der Waals surface area (Å²) in [4.78, 5) is 54.2. The Bertz CT molecular complexity index is 1140. The normalized spacial score (nSPS) is 36.7. The highest BCUT2D eigenvalue weighted by atomic mass is 16.3. The zero-order chi connectivity index (χ0) is 23.1. The van der Waals surface area contributed by atoms with E-state index in [0.717, 1.165) is 11.1 Å². The summed E-state index contributed by atoms with van der Waals surface area (Å²) in [5.41, 5.74) is 1.82. The van der Waals surface area contributed by atoms with Gasteiger partial charge in [-0.15, -0.1) is 0 Å². The molecule has 0 spiro atoms. The van der Waals surface area contributed by atoms with Crippen LogP contribution in [0, 0.1) is 29.1 Å². The molecule has 1 aromatic carbocycles. The zero-order valence-electron chi connectivity index (χ0n) is 18.7. The number of Topliss-reactive ketones (excluding diaryl/α,β-unsaturated/α-hetero) is 2. The summed E-state index contributed by atoms with van der Waals surface area (Å²) < 4.78 is 0. The molecule has 32 heavy (non-hydrogen) atoms. The summed E-state index contributed by atoms with van der Waals surface area (Å²) in [6.45, 7) is 5.30. The van der Waals surface area contributed by atoms with E-state index in [1.165, 1.54) is 11.9 Å². The Morgan fingerprint density at radius 1 is 0.969 bits per heavy atom. The van der Waals surface area contributed by atoms with Crippen LogP contribution >= 0.6 is 0 Å². The Labute approximate surface area is 187 Å². The van der Waals surface area contributed by atoms with Gasteiger partial charge >= 0.3 is 0 Å². The molecule has 1 aliphatic heterocycles. The highest BCUT2D eigenvalue weighted by molar-refractivity contribution is 6.16. The van der Waals surface area contributed by atoms with Gasteiger partial charge in [0.15, 0.2) is 11.6 Å². The average Bonchev–Trinajstić information content (AvgIpc) is 3.00. The number of phenols is 1. The molecule has 1 N–H and O–H groups in total. The molecule has 1 aromatic rings. The molecule has 1 heterocycles. The molecule has 1 saturated carbocycles. The molecule has 166 valence electrons. The third-order valence-electron chi connectivity index (χ3n) is 8.62. The van der Waals surface area contributed by atoms with Gasteiger partial charge in [0.2, 0.25) is 11.8 Å². The van der Waals surface area contributed by atoms with Gasteiger partial charge in [0, 0.05) is 18.9 Å². The number of phenolic OH excluding ortho intramolecular Hbond substituents is 1. The van der Waals surface area contributed by atoms with Gasteiger partial charge in [-0.05, 0) is 61.4 Å². The number of likely N-dealkylation sites (tertiary alicyclic amines) is 1. The van der Waals surface area contributed by atoms with Gasteiger partial charge in [0.1, 0.15) is 5.75 Å². The van der Waals surface area contributed by atoms with Gasteiger partial charge in [0.05, 0.1) is 17.3 Å². The minimum atomic E-state index is -0.982. The van der Waals surface area contributed by atoms with Crippen LogP contribution in [0.4, 0.5) is 0 Å². The highest BCUT2D eigenvalue weighted by Crippen LogP contribution is 2.62. The maximum Gasteiger partial charge on any atom is 0.233 e. The molecule has 2 fully saturated rings. The second-order valence-electron chi connectivity index (χ2n) is 9.95. The van der Waals surface area contributed by atoms with Gasteiger partial charge in [-0.25, -0.2) is 0 Å². The summed E-state index contributed by atoms with van der Waals surface area (Å²) in [5, 5.41) is 9.84. The summed E-state index contributed by atoms with van der Waals surface area (Å²) in [5.74, 6) is -2.44. The third-order valence-corrected chi connectivity index (χ3v) is 8.62. The van der Waals surface area contributed by atoms with Gasteiger partial charge in [-0.2, -0.15) is 0 Å². The predicted octanol–water partition coefficient (Wildman–Crippen LogP) is 3.17. The van der Waals surface area contributed by atoms with Crippen LogP contribution in [0.1, 0.15) is 45.1 Å². The summed E-state index contributed by atoms with van der Waals surface area (Å²) in [7, 11) is 1.53. The minimum absolute atomic E-state index is 0.0370. The molecule has 6 heteroatoms. The fourth-order valence-electron chi connectivity index (χ4n) is 6.78. The van der Waals surface area contributed by atoms with Crippen LogP contribution in [-0.2, 0) is 19.2 Å². The Morgan fingerprint density at radius 2 is 1.62 bits per heavy atom. The van der Waals surface area contributed by atoms with E-state index in [1.54, 1.807) is 38.1 Å². The van der Waals surface area contributed by atoms with Crippen LogP contribution in [-0.4, -0.2) is 40.4 Å². The lowest BCUT2D eigenvalue weighted by Crippen LogP contribution is -2.55. The van der Waals surface area contributed by atoms with Crippen molar-refractivity contribution in [3.63, 3.8) is 0 Å². The second-order valence-corrected chi connectivity index (χ2v) is 9.95. The number of ketones is 2. The summed E-state index contributed by atoms with van der Waals surface area (Å²) >= 11 is 0. The number of carbonyl (C=O) groups excluding carboxylic acids is 4. The van der Waals surface area contributed by atoms with Gasteiger partial charge in [-0.1, -0.05) is 30.7 Å². The van der Waals surface area contributed by atoms with Crippen molar-refractivity contribution in [3.05, 3.63) is 52.6 Å². The second kappa shape index (κ2) is 6.74. The largest absolute Gasteiger partial charge is 0.508 e. The molecular weight excluding hydrogens is 406 g/mol. The maximum atomic E-state index is 13.7. The Morgan fingerprint density at radius 3 is 2.28 bits per heavy atom. The summed E-state index contributed by atoms with van der Waals surface area (Å²) in [6, 6.07) is 6.77. The highest BCUT2D eigenvalue weighted by Gasteiger charge is 2.63. The van der Waals surface area contributed by atoms with Crippen LogP contribution in [0.2, 0.25) is 0 Å². The van der Waals surface area contributed by atoms with Crippen molar-refractivity contribution in [3.8, 4) is 5.75 Å². The number of nitrogens with zero attached hydrogens (tertiary/aromatic N) is 1. The van der Waals surface area contributed by atoms with E-state index < -0.39 is 29.1 Å². The van der Waals surface area contributed by atoms with Crippen LogP contribution < -0.4 is 0 Å². The first-order chi connectivity index (χ1) is 15.1. The molecular formula is C26H27NO5. The molecule has 5 rings (SSSR count). The van der Waals surface area contributed by atoms with Crippen molar-refractivity contribution in [1.29, 1.82) is 0 Å². The molecule has 3 aliphatic carbocycles. The molecule has 6 atom stereocenters. The van der Waals surface area contributed by atoms with Crippen molar-refractivity contribution in [2.75, 3.05) is 7.05 Å². The number of rotatable bonds is 1. The number of imide groups is 1. The number of benzene rings is 1. The molecule has 0 radical (unpaired) electrons. The van der Waals surface area contributed by atoms with Crippen LogP contribution in [0.5, 0.6) is 5.75 Å². The van der Waals surface area contributed by atoms with Crippen LogP contribution in [0.15, 0.2) is 47.1 Å². The Kier molecular flexibility index (Phi) is 4.39. The Hall–Kier alpha value is -3.02. The van der Waals surface area contributed by atoms with Crippen LogP contribution in [0.3, 0.4) is 0 Å². The van der Waals surface area contributed by atoms with Crippen molar-refractivity contribution in [1.82, 2.24) is 4.90 Å². The number of amides is 2. The number of allylic oxidation sites excluding steroid dienone is 4. The van der Waals surface area contributed by atoms with Gasteiger partial charge in [-0.3, -0.25) is 24.1 Å². The molecule has 2 amide bonds. The number of fused-ring (bicyclic) bond motifs is 4. The molecule has 4 aliphatic rings. The number of carbonyl (C=O) groups is 4. The first-order valence-corrected chi connectivity index (χ1v) is 11.2. The van der Waals surface area contributed by atoms with Crippen LogP contribution in [0.25, 0.3) is 0 Å². The van der Waals surface area contributed by atoms with Crippen molar-refractivity contribution >= 4 is 23.4 Å². The SMILES string of the molecule is CC1=C(C)C(=O)[C@@]2(C)[C@@H](c3ccc(O)cc3)C3=CC[C@@H]4C(=O)N(C)C(=O)[C@@H]4[C@@H]3C[C@H]2C1=O. The smallest absolute Gasteiger partial charge is 0.233 e. The van der Waals surface area contributed by atoms with E-state index in [9.17, 15) is 24.3 Å². The molecule has 0 unspecified atom stereocenters. The lowest BCUT2D eigenvalue weighted by molar-refractivity contribution is -0.142. The number of aromatic hydroxyl groups is 1. The zero-order valence-corrected chi connectivity index (χ0v) is 18.7. The van der Waals surface area contributed by atoms with Gasteiger partial charge in [0.25, 0.3) is 0 Å². The first-order valence-electron chi connectivity index (χ1n) is 11.2. The topological polar surface area (TPSA) is 91.8 Å².